The maximum atomic E-state index is 13.4. The van der Waals surface area contributed by atoms with Gasteiger partial charge in [-0.15, -0.1) is 0 Å². The third-order valence-corrected chi connectivity index (χ3v) is 3.97. The van der Waals surface area contributed by atoms with Crippen LogP contribution in [-0.4, -0.2) is 15.5 Å². The lowest BCUT2D eigenvalue weighted by Crippen LogP contribution is -2.19. The van der Waals surface area contributed by atoms with Gasteiger partial charge in [0.1, 0.15) is 17.7 Å². The average molecular weight is 362 g/mol. The monoisotopic (exact) mass is 362 g/mol. The lowest BCUT2D eigenvalue weighted by Gasteiger charge is -2.07. The van der Waals surface area contributed by atoms with Crippen LogP contribution in [0.4, 0.5) is 10.2 Å². The Morgan fingerprint density at radius 1 is 1.22 bits per heavy atom. The second-order valence-electron chi connectivity index (χ2n) is 5.98. The molecule has 0 fully saturated rings. The molecule has 0 aliphatic carbocycles. The molecule has 0 radical (unpaired) electrons. The lowest BCUT2D eigenvalue weighted by molar-refractivity contribution is 0.102. The molecule has 0 atom stereocenters. The number of anilines is 1. The van der Waals surface area contributed by atoms with Crippen LogP contribution >= 0.6 is 0 Å². The highest BCUT2D eigenvalue weighted by atomic mass is 19.1. The Morgan fingerprint density at radius 3 is 2.67 bits per heavy atom. The van der Waals surface area contributed by atoms with E-state index in [1.54, 1.807) is 31.4 Å². The van der Waals surface area contributed by atoms with Crippen LogP contribution in [0.3, 0.4) is 0 Å². The number of nitrogens with one attached hydrogen (secondary N) is 1. The number of hydrogen-bond acceptors (Lipinski definition) is 4. The zero-order valence-corrected chi connectivity index (χ0v) is 14.4. The van der Waals surface area contributed by atoms with E-state index in [2.05, 4.69) is 10.3 Å². The minimum Gasteiger partial charge on any atom is -0.318 e. The first-order chi connectivity index (χ1) is 13.0. The van der Waals surface area contributed by atoms with Crippen molar-refractivity contribution in [2.45, 2.75) is 6.42 Å². The summed E-state index contributed by atoms with van der Waals surface area (Å²) in [6, 6.07) is 12.4. The van der Waals surface area contributed by atoms with Crippen molar-refractivity contribution in [3.63, 3.8) is 0 Å². The van der Waals surface area contributed by atoms with Crippen LogP contribution in [0.25, 0.3) is 0 Å². The number of nitriles is 1. The molecule has 0 saturated carbocycles. The summed E-state index contributed by atoms with van der Waals surface area (Å²) in [4.78, 5) is 27.8. The number of aryl methyl sites for hydroxylation is 1. The molecule has 0 spiro atoms. The normalized spacial score (nSPS) is 10.3. The second kappa shape index (κ2) is 7.62. The Hall–Kier alpha value is -3.79. The van der Waals surface area contributed by atoms with Gasteiger partial charge in [0, 0.05) is 25.5 Å². The van der Waals surface area contributed by atoms with Crippen molar-refractivity contribution in [3.8, 4) is 6.07 Å². The van der Waals surface area contributed by atoms with Gasteiger partial charge in [-0.05, 0) is 41.8 Å². The van der Waals surface area contributed by atoms with Crippen LogP contribution in [0, 0.1) is 17.1 Å². The molecule has 0 unspecified atom stereocenters. The fraction of sp³-hybridized carbons (Fsp3) is 0.100. The standard InChI is InChI=1S/C20H15FN4O2/c1-25-12-15(4-7-19(25)26)20(27)24-18-6-3-14(11-23-18)8-13-2-5-17(21)16(9-13)10-22/h2-7,9,11-12H,8H2,1H3,(H,23,24,27). The highest BCUT2D eigenvalue weighted by Gasteiger charge is 2.09. The van der Waals surface area contributed by atoms with E-state index in [9.17, 15) is 14.0 Å². The number of benzene rings is 1. The van der Waals surface area contributed by atoms with Crippen LogP contribution in [0.15, 0.2) is 59.7 Å². The average Bonchev–Trinajstić information content (AvgIpc) is 2.67. The zero-order valence-electron chi connectivity index (χ0n) is 14.4. The van der Waals surface area contributed by atoms with Crippen LogP contribution in [-0.2, 0) is 13.5 Å². The van der Waals surface area contributed by atoms with Crippen LogP contribution in [0.2, 0.25) is 0 Å². The summed E-state index contributed by atoms with van der Waals surface area (Å²) in [6.07, 6.45) is 3.54. The summed E-state index contributed by atoms with van der Waals surface area (Å²) in [5.74, 6) is -0.548. The van der Waals surface area contributed by atoms with E-state index < -0.39 is 5.82 Å². The van der Waals surface area contributed by atoms with Crippen molar-refractivity contribution in [3.05, 3.63) is 93.3 Å². The molecule has 0 aliphatic heterocycles. The Kier molecular flexibility index (Phi) is 5.08. The van der Waals surface area contributed by atoms with Crippen molar-refractivity contribution in [2.24, 2.45) is 7.05 Å². The van der Waals surface area contributed by atoms with Crippen molar-refractivity contribution in [2.75, 3.05) is 5.32 Å². The van der Waals surface area contributed by atoms with Gasteiger partial charge in [-0.25, -0.2) is 9.37 Å². The van der Waals surface area contributed by atoms with Crippen molar-refractivity contribution in [1.82, 2.24) is 9.55 Å². The van der Waals surface area contributed by atoms with Gasteiger partial charge < -0.3 is 9.88 Å². The van der Waals surface area contributed by atoms with Crippen molar-refractivity contribution < 1.29 is 9.18 Å². The first kappa shape index (κ1) is 18.0. The Labute approximate surface area is 154 Å². The predicted molar refractivity (Wildman–Crippen MR) is 97.8 cm³/mol. The first-order valence-electron chi connectivity index (χ1n) is 8.08. The van der Waals surface area contributed by atoms with E-state index in [1.807, 2.05) is 6.07 Å². The van der Waals surface area contributed by atoms with Gasteiger partial charge in [0.15, 0.2) is 0 Å². The van der Waals surface area contributed by atoms with Crippen LogP contribution in [0.1, 0.15) is 27.0 Å². The molecule has 1 amide bonds. The molecule has 6 nitrogen and oxygen atoms in total. The van der Waals surface area contributed by atoms with Gasteiger partial charge in [-0.1, -0.05) is 12.1 Å². The summed E-state index contributed by atoms with van der Waals surface area (Å²) >= 11 is 0. The molecular formula is C20H15FN4O2. The van der Waals surface area contributed by atoms with E-state index >= 15 is 0 Å². The molecule has 27 heavy (non-hydrogen) atoms. The van der Waals surface area contributed by atoms with Gasteiger partial charge in [-0.3, -0.25) is 9.59 Å². The molecule has 134 valence electrons. The quantitative estimate of drug-likeness (QED) is 0.773. The van der Waals surface area contributed by atoms with Crippen molar-refractivity contribution >= 4 is 11.7 Å². The van der Waals surface area contributed by atoms with E-state index in [4.69, 9.17) is 5.26 Å². The number of carbonyl (C=O) groups excluding carboxylic acids is 1. The summed E-state index contributed by atoms with van der Waals surface area (Å²) in [6.45, 7) is 0. The number of rotatable bonds is 4. The lowest BCUT2D eigenvalue weighted by atomic mass is 10.0. The number of carbonyl (C=O) groups is 1. The smallest absolute Gasteiger partial charge is 0.258 e. The van der Waals surface area contributed by atoms with E-state index in [0.29, 0.717) is 17.8 Å². The van der Waals surface area contributed by atoms with Gasteiger partial charge in [-0.2, -0.15) is 5.26 Å². The third kappa shape index (κ3) is 4.25. The molecule has 2 aromatic heterocycles. The number of pyridine rings is 2. The van der Waals surface area contributed by atoms with E-state index in [0.717, 1.165) is 11.1 Å². The fourth-order valence-corrected chi connectivity index (χ4v) is 2.52. The van der Waals surface area contributed by atoms with E-state index in [-0.39, 0.29) is 17.0 Å². The third-order valence-electron chi connectivity index (χ3n) is 3.97. The Morgan fingerprint density at radius 2 is 2.00 bits per heavy atom. The maximum absolute atomic E-state index is 13.4. The minimum atomic E-state index is -0.546. The molecule has 1 aromatic carbocycles. The Bertz CT molecular complexity index is 1100. The Balaban J connectivity index is 1.70. The molecule has 2 heterocycles. The first-order valence-corrected chi connectivity index (χ1v) is 8.08. The molecule has 0 saturated heterocycles. The number of amides is 1. The van der Waals surface area contributed by atoms with Gasteiger partial charge in [0.25, 0.3) is 5.91 Å². The molecular weight excluding hydrogens is 347 g/mol. The van der Waals surface area contributed by atoms with Crippen LogP contribution in [0.5, 0.6) is 0 Å². The summed E-state index contributed by atoms with van der Waals surface area (Å²) in [7, 11) is 1.57. The molecule has 0 aliphatic rings. The number of aromatic nitrogens is 2. The zero-order chi connectivity index (χ0) is 19.4. The molecule has 3 aromatic rings. The van der Waals surface area contributed by atoms with E-state index in [1.165, 1.54) is 35.0 Å². The summed E-state index contributed by atoms with van der Waals surface area (Å²) < 4.78 is 14.7. The minimum absolute atomic E-state index is 0.00148. The number of hydrogen-bond donors (Lipinski definition) is 1. The van der Waals surface area contributed by atoms with Crippen LogP contribution < -0.4 is 10.9 Å². The molecule has 7 heteroatoms. The molecule has 0 bridgehead atoms. The van der Waals surface area contributed by atoms with Crippen molar-refractivity contribution in [1.29, 1.82) is 5.26 Å². The highest BCUT2D eigenvalue weighted by molar-refractivity contribution is 6.03. The van der Waals surface area contributed by atoms with Gasteiger partial charge in [0.05, 0.1) is 11.1 Å². The maximum Gasteiger partial charge on any atom is 0.258 e. The number of nitrogens with zero attached hydrogens (tertiary/aromatic N) is 3. The topological polar surface area (TPSA) is 87.8 Å². The highest BCUT2D eigenvalue weighted by Crippen LogP contribution is 2.15. The van der Waals surface area contributed by atoms with Gasteiger partial charge in [0.2, 0.25) is 5.56 Å². The fourth-order valence-electron chi connectivity index (χ4n) is 2.52. The molecule has 1 N–H and O–H groups in total. The molecule has 3 rings (SSSR count). The second-order valence-corrected chi connectivity index (χ2v) is 5.98. The summed E-state index contributed by atoms with van der Waals surface area (Å²) in [5, 5.41) is 11.6. The number of halogens is 1. The predicted octanol–water partition coefficient (Wildman–Crippen LogP) is 2.63. The largest absolute Gasteiger partial charge is 0.318 e. The SMILES string of the molecule is Cn1cc(C(=O)Nc2ccc(Cc3ccc(F)c(C#N)c3)cn2)ccc1=O. The van der Waals surface area contributed by atoms with Gasteiger partial charge >= 0.3 is 0 Å². The summed E-state index contributed by atoms with van der Waals surface area (Å²) in [5.41, 5.74) is 1.79.